The molecule has 23 heavy (non-hydrogen) atoms. The van der Waals surface area contributed by atoms with Crippen LogP contribution in [0.25, 0.3) is 0 Å². The zero-order chi connectivity index (χ0) is 17.0. The normalized spacial score (nSPS) is 15.6. The second-order valence-corrected chi connectivity index (χ2v) is 7.52. The van der Waals surface area contributed by atoms with E-state index in [2.05, 4.69) is 4.98 Å². The third kappa shape index (κ3) is 3.70. The molecule has 0 bridgehead atoms. The number of hydrogen-bond acceptors (Lipinski definition) is 4. The molecule has 0 atom stereocenters. The predicted molar refractivity (Wildman–Crippen MR) is 86.4 cm³/mol. The molecule has 2 rings (SSSR count). The third-order valence-corrected chi connectivity index (χ3v) is 5.90. The highest BCUT2D eigenvalue weighted by Gasteiger charge is 2.33. The first-order chi connectivity index (χ1) is 10.9. The van der Waals surface area contributed by atoms with Crippen LogP contribution in [-0.2, 0) is 23.2 Å². The summed E-state index contributed by atoms with van der Waals surface area (Å²) in [6.45, 7) is 5.25. The molecule has 1 aromatic heterocycles. The molecule has 0 radical (unpaired) electrons. The molecule has 1 aliphatic heterocycles. The maximum absolute atomic E-state index is 12.8. The van der Waals surface area contributed by atoms with Gasteiger partial charge in [0.15, 0.2) is 5.69 Å². The number of pyridine rings is 1. The highest BCUT2D eigenvalue weighted by Crippen LogP contribution is 2.25. The molecule has 1 aliphatic rings. The van der Waals surface area contributed by atoms with Crippen LogP contribution in [0.15, 0.2) is 12.3 Å². The van der Waals surface area contributed by atoms with E-state index in [4.69, 9.17) is 0 Å². The molecule has 0 fully saturated rings. The molecule has 128 valence electrons. The number of hydrogen-bond donors (Lipinski definition) is 1. The quantitative estimate of drug-likeness (QED) is 0.812. The van der Waals surface area contributed by atoms with Gasteiger partial charge in [-0.15, -0.1) is 0 Å². The first-order valence-corrected chi connectivity index (χ1v) is 9.26. The van der Waals surface area contributed by atoms with Crippen molar-refractivity contribution in [2.24, 2.45) is 0 Å². The van der Waals surface area contributed by atoms with Gasteiger partial charge in [0.05, 0.1) is 0 Å². The number of aromatic carboxylic acids is 1. The molecular weight excluding hydrogens is 318 g/mol. The summed E-state index contributed by atoms with van der Waals surface area (Å²) in [6, 6.07) is 1.77. The average molecular weight is 341 g/mol. The van der Waals surface area contributed by atoms with Crippen molar-refractivity contribution in [2.45, 2.75) is 39.7 Å². The van der Waals surface area contributed by atoms with Crippen molar-refractivity contribution in [1.29, 1.82) is 0 Å². The first-order valence-electron chi connectivity index (χ1n) is 7.87. The highest BCUT2D eigenvalue weighted by atomic mass is 32.2. The lowest BCUT2D eigenvalue weighted by molar-refractivity contribution is 0.0687. The van der Waals surface area contributed by atoms with Gasteiger partial charge in [-0.1, -0.05) is 13.8 Å². The van der Waals surface area contributed by atoms with Crippen LogP contribution >= 0.6 is 0 Å². The summed E-state index contributed by atoms with van der Waals surface area (Å²) in [4.78, 5) is 15.2. The molecule has 0 aromatic carbocycles. The zero-order valence-corrected chi connectivity index (χ0v) is 14.3. The summed E-state index contributed by atoms with van der Waals surface area (Å²) < 4.78 is 28.5. The van der Waals surface area contributed by atoms with E-state index < -0.39 is 16.2 Å². The molecule has 1 N–H and O–H groups in total. The Morgan fingerprint density at radius 1 is 1.35 bits per heavy atom. The molecule has 0 amide bonds. The lowest BCUT2D eigenvalue weighted by Gasteiger charge is -2.33. The van der Waals surface area contributed by atoms with Gasteiger partial charge in [0, 0.05) is 37.9 Å². The smallest absolute Gasteiger partial charge is 0.354 e. The Morgan fingerprint density at radius 3 is 2.57 bits per heavy atom. The van der Waals surface area contributed by atoms with Gasteiger partial charge in [0.1, 0.15) is 0 Å². The van der Waals surface area contributed by atoms with E-state index in [0.29, 0.717) is 31.6 Å². The average Bonchev–Trinajstić information content (AvgIpc) is 2.53. The minimum absolute atomic E-state index is 0.0556. The Labute approximate surface area is 137 Å². The third-order valence-electron chi connectivity index (χ3n) is 3.92. The Balaban J connectivity index is 2.32. The van der Waals surface area contributed by atoms with Gasteiger partial charge in [-0.2, -0.15) is 17.0 Å². The van der Waals surface area contributed by atoms with Crippen molar-refractivity contribution < 1.29 is 18.3 Å². The van der Waals surface area contributed by atoms with Gasteiger partial charge in [-0.05, 0) is 30.9 Å². The molecule has 7 nitrogen and oxygen atoms in total. The van der Waals surface area contributed by atoms with Crippen LogP contribution in [0.3, 0.4) is 0 Å². The maximum Gasteiger partial charge on any atom is 0.354 e. The summed E-state index contributed by atoms with van der Waals surface area (Å²) in [5.74, 6) is -1.12. The molecule has 0 saturated carbocycles. The molecular formula is C15H23N3O4S. The molecule has 8 heteroatoms. The van der Waals surface area contributed by atoms with Gasteiger partial charge in [0.2, 0.25) is 0 Å². The summed E-state index contributed by atoms with van der Waals surface area (Å²) in [5.41, 5.74) is 1.31. The Bertz CT molecular complexity index is 669. The molecule has 2 heterocycles. The fourth-order valence-electron chi connectivity index (χ4n) is 2.83. The standard InChI is InChI=1S/C15H23N3O4S/c1-3-8-17(9-4-2)23(21,22)18-10-6-12-5-7-16-14(15(19)20)13(12)11-18/h5,7H,3-4,6,8-11H2,1-2H3,(H,19,20). The second-order valence-electron chi connectivity index (χ2n) is 5.59. The summed E-state index contributed by atoms with van der Waals surface area (Å²) >= 11 is 0. The predicted octanol–water partition coefficient (Wildman–Crippen LogP) is 1.50. The number of fused-ring (bicyclic) bond motifs is 1. The molecule has 0 aliphatic carbocycles. The Hall–Kier alpha value is -1.51. The minimum Gasteiger partial charge on any atom is -0.477 e. The summed E-state index contributed by atoms with van der Waals surface area (Å²) in [5, 5.41) is 9.27. The first kappa shape index (κ1) is 17.8. The zero-order valence-electron chi connectivity index (χ0n) is 13.5. The van der Waals surface area contributed by atoms with Gasteiger partial charge < -0.3 is 5.11 Å². The largest absolute Gasteiger partial charge is 0.477 e. The van der Waals surface area contributed by atoms with Crippen LogP contribution in [0.5, 0.6) is 0 Å². The van der Waals surface area contributed by atoms with Crippen molar-refractivity contribution in [1.82, 2.24) is 13.6 Å². The van der Waals surface area contributed by atoms with E-state index in [1.54, 1.807) is 6.07 Å². The second kappa shape index (κ2) is 7.37. The lowest BCUT2D eigenvalue weighted by Crippen LogP contribution is -2.46. The topological polar surface area (TPSA) is 90.8 Å². The van der Waals surface area contributed by atoms with Crippen LogP contribution in [-0.4, -0.2) is 52.7 Å². The Morgan fingerprint density at radius 2 is 2.00 bits per heavy atom. The van der Waals surface area contributed by atoms with Gasteiger partial charge in [0.25, 0.3) is 10.2 Å². The molecule has 0 spiro atoms. The summed E-state index contributed by atoms with van der Waals surface area (Å²) in [6.07, 6.45) is 3.45. The van der Waals surface area contributed by atoms with Crippen molar-refractivity contribution in [2.75, 3.05) is 19.6 Å². The van der Waals surface area contributed by atoms with Gasteiger partial charge >= 0.3 is 5.97 Å². The Kier molecular flexibility index (Phi) is 5.72. The maximum atomic E-state index is 12.8. The van der Waals surface area contributed by atoms with Crippen molar-refractivity contribution in [3.05, 3.63) is 29.1 Å². The molecule has 1 aromatic rings. The van der Waals surface area contributed by atoms with Crippen LogP contribution in [0.2, 0.25) is 0 Å². The van der Waals surface area contributed by atoms with Crippen molar-refractivity contribution in [3.63, 3.8) is 0 Å². The summed E-state index contributed by atoms with van der Waals surface area (Å²) in [7, 11) is -3.59. The van der Waals surface area contributed by atoms with Gasteiger partial charge in [-0.25, -0.2) is 9.78 Å². The van der Waals surface area contributed by atoms with E-state index in [-0.39, 0.29) is 12.2 Å². The monoisotopic (exact) mass is 341 g/mol. The number of carbonyl (C=O) groups is 1. The van der Waals surface area contributed by atoms with E-state index >= 15 is 0 Å². The van der Waals surface area contributed by atoms with Crippen LogP contribution < -0.4 is 0 Å². The van der Waals surface area contributed by atoms with Crippen LogP contribution in [0.4, 0.5) is 0 Å². The van der Waals surface area contributed by atoms with E-state index in [0.717, 1.165) is 18.4 Å². The number of aromatic nitrogens is 1. The number of rotatable bonds is 7. The van der Waals surface area contributed by atoms with E-state index in [9.17, 15) is 18.3 Å². The van der Waals surface area contributed by atoms with Crippen LogP contribution in [0.1, 0.15) is 48.3 Å². The highest BCUT2D eigenvalue weighted by molar-refractivity contribution is 7.86. The SMILES string of the molecule is CCCN(CCC)S(=O)(=O)N1CCc2ccnc(C(=O)O)c2C1. The van der Waals surface area contributed by atoms with Crippen LogP contribution in [0, 0.1) is 0 Å². The number of carboxylic acids is 1. The fourth-order valence-corrected chi connectivity index (χ4v) is 4.60. The molecule has 0 saturated heterocycles. The van der Waals surface area contributed by atoms with Crippen molar-refractivity contribution >= 4 is 16.2 Å². The fraction of sp³-hybridized carbons (Fsp3) is 0.600. The van der Waals surface area contributed by atoms with Gasteiger partial charge in [-0.3, -0.25) is 0 Å². The van der Waals surface area contributed by atoms with Crippen molar-refractivity contribution in [3.8, 4) is 0 Å². The number of carboxylic acid groups (broad SMARTS) is 1. The number of nitrogens with zero attached hydrogens (tertiary/aromatic N) is 3. The van der Waals surface area contributed by atoms with E-state index in [1.165, 1.54) is 14.8 Å². The minimum atomic E-state index is -3.59. The lowest BCUT2D eigenvalue weighted by atomic mass is 10.0. The molecule has 0 unspecified atom stereocenters. The van der Waals surface area contributed by atoms with E-state index in [1.807, 2.05) is 13.8 Å².